The van der Waals surface area contributed by atoms with Crippen molar-refractivity contribution in [3.8, 4) is 11.5 Å². The molecule has 0 saturated heterocycles. The van der Waals surface area contributed by atoms with Crippen LogP contribution in [0, 0.1) is 5.82 Å². The highest BCUT2D eigenvalue weighted by atomic mass is 79.9. The number of rotatable bonds is 11. The molecule has 0 fully saturated rings. The standard InChI is InChI=1S/C28H29BrFN3O4/c1-36-21-11-10-20(22(29)17-21)16-27(35)33-28(31)32-24(14-18-6-4-3-5-7-18)25(34)13-9-19-8-12-23(30)26(15-19)37-2/h3-8,10-12,15,17,24H,9,13-14,16H2,1-2H3,(H3,31,32,33,35)/t24-/m1/s1. The molecule has 0 aliphatic carbocycles. The monoisotopic (exact) mass is 569 g/mol. The van der Waals surface area contributed by atoms with Crippen LogP contribution in [0.3, 0.4) is 0 Å². The van der Waals surface area contributed by atoms with Crippen molar-refractivity contribution in [3.05, 3.63) is 93.7 Å². The van der Waals surface area contributed by atoms with Crippen LogP contribution in [0.2, 0.25) is 0 Å². The highest BCUT2D eigenvalue weighted by molar-refractivity contribution is 9.10. The number of carbonyl (C=O) groups is 2. The highest BCUT2D eigenvalue weighted by Gasteiger charge is 2.20. The lowest BCUT2D eigenvalue weighted by molar-refractivity contribution is -0.121. The summed E-state index contributed by atoms with van der Waals surface area (Å²) in [6, 6.07) is 18.5. The summed E-state index contributed by atoms with van der Waals surface area (Å²) in [5.41, 5.74) is 8.47. The van der Waals surface area contributed by atoms with Crippen molar-refractivity contribution in [1.29, 1.82) is 0 Å². The van der Waals surface area contributed by atoms with Gasteiger partial charge in [-0.05, 0) is 47.4 Å². The third-order valence-electron chi connectivity index (χ3n) is 5.69. The van der Waals surface area contributed by atoms with Gasteiger partial charge in [0.25, 0.3) is 0 Å². The molecule has 0 unspecified atom stereocenters. The molecule has 3 rings (SSSR count). The topological polar surface area (TPSA) is 103 Å². The Balaban J connectivity index is 1.70. The number of nitrogens with two attached hydrogens (primary N) is 1. The molecule has 0 aliphatic rings. The molecule has 0 aromatic heterocycles. The van der Waals surface area contributed by atoms with Crippen LogP contribution in [-0.4, -0.2) is 37.9 Å². The third kappa shape index (κ3) is 8.42. The highest BCUT2D eigenvalue weighted by Crippen LogP contribution is 2.23. The zero-order valence-electron chi connectivity index (χ0n) is 20.7. The number of hydrogen-bond acceptors (Lipinski definition) is 5. The van der Waals surface area contributed by atoms with Crippen molar-refractivity contribution in [2.75, 3.05) is 14.2 Å². The Bertz CT molecular complexity index is 1270. The van der Waals surface area contributed by atoms with Crippen LogP contribution in [0.5, 0.6) is 11.5 Å². The Morgan fingerprint density at radius 3 is 2.46 bits per heavy atom. The maximum Gasteiger partial charge on any atom is 0.231 e. The van der Waals surface area contributed by atoms with Crippen molar-refractivity contribution in [1.82, 2.24) is 5.32 Å². The largest absolute Gasteiger partial charge is 0.497 e. The summed E-state index contributed by atoms with van der Waals surface area (Å²) in [7, 11) is 2.96. The molecule has 3 N–H and O–H groups in total. The van der Waals surface area contributed by atoms with Crippen LogP contribution >= 0.6 is 15.9 Å². The first kappa shape index (κ1) is 27.9. The lowest BCUT2D eigenvalue weighted by atomic mass is 9.98. The number of aryl methyl sites for hydroxylation is 1. The molecule has 1 atom stereocenters. The van der Waals surface area contributed by atoms with Crippen LogP contribution in [0.1, 0.15) is 23.1 Å². The molecule has 9 heteroatoms. The molecule has 0 saturated carbocycles. The van der Waals surface area contributed by atoms with Crippen molar-refractivity contribution >= 4 is 33.6 Å². The molecule has 194 valence electrons. The van der Waals surface area contributed by atoms with E-state index < -0.39 is 11.9 Å². The first-order valence-electron chi connectivity index (χ1n) is 11.6. The van der Waals surface area contributed by atoms with Gasteiger partial charge in [-0.1, -0.05) is 58.4 Å². The van der Waals surface area contributed by atoms with Gasteiger partial charge in [0, 0.05) is 17.3 Å². The number of ether oxygens (including phenoxy) is 2. The van der Waals surface area contributed by atoms with Crippen LogP contribution in [-0.2, 0) is 28.9 Å². The summed E-state index contributed by atoms with van der Waals surface area (Å²) >= 11 is 3.43. The van der Waals surface area contributed by atoms with E-state index in [1.807, 2.05) is 30.3 Å². The molecule has 1 amide bonds. The lowest BCUT2D eigenvalue weighted by Gasteiger charge is -2.14. The van der Waals surface area contributed by atoms with Gasteiger partial charge in [-0.3, -0.25) is 14.9 Å². The van der Waals surface area contributed by atoms with Crippen molar-refractivity contribution in [3.63, 3.8) is 0 Å². The molecule has 7 nitrogen and oxygen atoms in total. The summed E-state index contributed by atoms with van der Waals surface area (Å²) in [5.74, 6) is -0.321. The van der Waals surface area contributed by atoms with Crippen LogP contribution in [0.4, 0.5) is 4.39 Å². The van der Waals surface area contributed by atoms with E-state index in [1.165, 1.54) is 13.2 Å². The minimum Gasteiger partial charge on any atom is -0.497 e. The lowest BCUT2D eigenvalue weighted by Crippen LogP contribution is -2.40. The number of ketones is 1. The van der Waals surface area contributed by atoms with Gasteiger partial charge < -0.3 is 15.2 Å². The van der Waals surface area contributed by atoms with E-state index in [9.17, 15) is 14.0 Å². The quantitative estimate of drug-likeness (QED) is 0.263. The molecular formula is C28H29BrFN3O4. The predicted octanol–water partition coefficient (Wildman–Crippen LogP) is 4.39. The third-order valence-corrected chi connectivity index (χ3v) is 6.43. The predicted molar refractivity (Wildman–Crippen MR) is 144 cm³/mol. The number of methoxy groups -OCH3 is 2. The maximum absolute atomic E-state index is 13.7. The fourth-order valence-corrected chi connectivity index (χ4v) is 4.22. The number of nitrogens with one attached hydrogen (secondary N) is 1. The Kier molecular flexibility index (Phi) is 10.2. The number of halogens is 2. The first-order valence-corrected chi connectivity index (χ1v) is 12.4. The molecule has 37 heavy (non-hydrogen) atoms. The Labute approximate surface area is 224 Å². The molecule has 3 aromatic carbocycles. The molecule has 0 bridgehead atoms. The van der Waals surface area contributed by atoms with Gasteiger partial charge >= 0.3 is 0 Å². The van der Waals surface area contributed by atoms with E-state index in [0.717, 1.165) is 21.2 Å². The van der Waals surface area contributed by atoms with Crippen LogP contribution in [0.15, 0.2) is 76.2 Å². The van der Waals surface area contributed by atoms with E-state index in [0.29, 0.717) is 18.6 Å². The smallest absolute Gasteiger partial charge is 0.231 e. The molecule has 0 aliphatic heterocycles. The average molecular weight is 570 g/mol. The van der Waals surface area contributed by atoms with E-state index >= 15 is 0 Å². The second kappa shape index (κ2) is 13.5. The fourth-order valence-electron chi connectivity index (χ4n) is 3.72. The Hall–Kier alpha value is -3.72. The van der Waals surface area contributed by atoms with Crippen LogP contribution in [0.25, 0.3) is 0 Å². The van der Waals surface area contributed by atoms with Crippen molar-refractivity contribution in [2.24, 2.45) is 10.7 Å². The summed E-state index contributed by atoms with van der Waals surface area (Å²) in [5, 5.41) is 2.58. The average Bonchev–Trinajstić information content (AvgIpc) is 2.89. The van der Waals surface area contributed by atoms with Gasteiger partial charge in [0.05, 0.1) is 20.6 Å². The van der Waals surface area contributed by atoms with Gasteiger partial charge in [0.15, 0.2) is 23.3 Å². The normalized spacial score (nSPS) is 12.1. The SMILES string of the molecule is COc1ccc(CC(=O)NC(N)=N[C@H](Cc2ccccc2)C(=O)CCc2ccc(F)c(OC)c2)c(Br)c1. The summed E-state index contributed by atoms with van der Waals surface area (Å²) < 4.78 is 24.6. The van der Waals surface area contributed by atoms with E-state index in [4.69, 9.17) is 15.2 Å². The molecule has 0 radical (unpaired) electrons. The van der Waals surface area contributed by atoms with E-state index in [2.05, 4.69) is 26.2 Å². The summed E-state index contributed by atoms with van der Waals surface area (Å²) in [6.45, 7) is 0. The minimum absolute atomic E-state index is 0.0600. The minimum atomic E-state index is -0.794. The second-order valence-electron chi connectivity index (χ2n) is 8.34. The molecule has 0 spiro atoms. The Morgan fingerprint density at radius 1 is 1.03 bits per heavy atom. The number of carbonyl (C=O) groups excluding carboxylic acids is 2. The molecular weight excluding hydrogens is 541 g/mol. The van der Waals surface area contributed by atoms with Gasteiger partial charge in [-0.25, -0.2) is 9.38 Å². The zero-order valence-corrected chi connectivity index (χ0v) is 22.3. The van der Waals surface area contributed by atoms with Gasteiger partial charge in [0.2, 0.25) is 5.91 Å². The second-order valence-corrected chi connectivity index (χ2v) is 9.19. The van der Waals surface area contributed by atoms with Gasteiger partial charge in [0.1, 0.15) is 11.8 Å². The molecule has 3 aromatic rings. The van der Waals surface area contributed by atoms with Crippen molar-refractivity contribution in [2.45, 2.75) is 31.7 Å². The fraction of sp³-hybridized carbons (Fsp3) is 0.250. The summed E-state index contributed by atoms with van der Waals surface area (Å²) in [4.78, 5) is 30.1. The molecule has 0 heterocycles. The number of benzene rings is 3. The number of aliphatic imine (C=N–C) groups is 1. The number of guanidine groups is 1. The van der Waals surface area contributed by atoms with E-state index in [1.54, 1.807) is 37.4 Å². The van der Waals surface area contributed by atoms with Gasteiger partial charge in [-0.2, -0.15) is 0 Å². The first-order chi connectivity index (χ1) is 17.8. The maximum atomic E-state index is 13.7. The number of Topliss-reactive ketones (excluding diaryl/α,β-unsaturated/α-hetero) is 1. The van der Waals surface area contributed by atoms with Crippen molar-refractivity contribution < 1.29 is 23.5 Å². The number of nitrogens with zero attached hydrogens (tertiary/aromatic N) is 1. The zero-order chi connectivity index (χ0) is 26.8. The van der Waals surface area contributed by atoms with E-state index in [-0.39, 0.29) is 36.2 Å². The number of amides is 1. The van der Waals surface area contributed by atoms with Gasteiger partial charge in [-0.15, -0.1) is 0 Å². The summed E-state index contributed by atoms with van der Waals surface area (Å²) in [6.07, 6.45) is 0.932. The Morgan fingerprint density at radius 2 is 1.78 bits per heavy atom. The van der Waals surface area contributed by atoms with Crippen LogP contribution < -0.4 is 20.5 Å². The number of hydrogen-bond donors (Lipinski definition) is 2.